The van der Waals surface area contributed by atoms with Crippen LogP contribution in [-0.2, 0) is 11.2 Å². The van der Waals surface area contributed by atoms with E-state index in [9.17, 15) is 0 Å². The number of nitrogens with zero attached hydrogens (tertiary/aromatic N) is 1. The summed E-state index contributed by atoms with van der Waals surface area (Å²) in [7, 11) is 3.49. The number of hydrogen-bond donors (Lipinski definition) is 2. The first-order valence-corrected chi connectivity index (χ1v) is 8.45. The highest BCUT2D eigenvalue weighted by Crippen LogP contribution is 2.12. The van der Waals surface area contributed by atoms with Crippen molar-refractivity contribution in [2.75, 3.05) is 40.5 Å². The highest BCUT2D eigenvalue weighted by molar-refractivity contribution is 14.0. The lowest BCUT2D eigenvalue weighted by atomic mass is 10.1. The molecule has 0 spiro atoms. The van der Waals surface area contributed by atoms with Crippen molar-refractivity contribution in [1.29, 1.82) is 0 Å². The summed E-state index contributed by atoms with van der Waals surface area (Å²) in [5.41, 5.74) is 1.33. The Kier molecular flexibility index (Phi) is 14.8. The number of ether oxygens (including phenoxy) is 2. The molecule has 5 nitrogen and oxygen atoms in total. The lowest BCUT2D eigenvalue weighted by Gasteiger charge is -2.12. The number of hydrogen-bond acceptors (Lipinski definition) is 3. The molecule has 2 N–H and O–H groups in total. The third kappa shape index (κ3) is 10.7. The van der Waals surface area contributed by atoms with Crippen molar-refractivity contribution in [2.24, 2.45) is 4.99 Å². The number of benzene rings is 1. The van der Waals surface area contributed by atoms with E-state index in [1.807, 2.05) is 19.1 Å². The molecule has 1 rings (SSSR count). The van der Waals surface area contributed by atoms with Crippen LogP contribution < -0.4 is 15.4 Å². The molecule has 0 heterocycles. The van der Waals surface area contributed by atoms with Crippen molar-refractivity contribution in [3.63, 3.8) is 0 Å². The smallest absolute Gasteiger partial charge is 0.190 e. The molecule has 0 aromatic heterocycles. The third-order valence-corrected chi connectivity index (χ3v) is 3.53. The molecule has 0 radical (unpaired) electrons. The second-order valence-electron chi connectivity index (χ2n) is 5.28. The van der Waals surface area contributed by atoms with Gasteiger partial charge in [0.05, 0.1) is 7.11 Å². The van der Waals surface area contributed by atoms with E-state index in [-0.39, 0.29) is 24.0 Å². The van der Waals surface area contributed by atoms with Gasteiger partial charge in [-0.25, -0.2) is 0 Å². The minimum absolute atomic E-state index is 0. The molecule has 0 saturated heterocycles. The summed E-state index contributed by atoms with van der Waals surface area (Å²) in [5, 5.41) is 6.67. The molecule has 0 fully saturated rings. The normalized spacial score (nSPS) is 10.9. The van der Waals surface area contributed by atoms with Gasteiger partial charge in [-0.3, -0.25) is 4.99 Å². The van der Waals surface area contributed by atoms with Crippen LogP contribution in [0.2, 0.25) is 0 Å². The fourth-order valence-corrected chi connectivity index (χ4v) is 2.19. The van der Waals surface area contributed by atoms with Crippen LogP contribution >= 0.6 is 24.0 Å². The fourth-order valence-electron chi connectivity index (χ4n) is 2.19. The second-order valence-corrected chi connectivity index (χ2v) is 5.28. The maximum absolute atomic E-state index is 5.32. The van der Waals surface area contributed by atoms with Crippen molar-refractivity contribution in [3.05, 3.63) is 29.8 Å². The predicted octanol–water partition coefficient (Wildman–Crippen LogP) is 3.23. The summed E-state index contributed by atoms with van der Waals surface area (Å²) in [4.78, 5) is 4.24. The van der Waals surface area contributed by atoms with E-state index in [0.29, 0.717) is 0 Å². The van der Waals surface area contributed by atoms with Crippen LogP contribution in [0, 0.1) is 0 Å². The fraction of sp³-hybridized carbons (Fsp3) is 0.611. The van der Waals surface area contributed by atoms with Gasteiger partial charge >= 0.3 is 0 Å². The highest BCUT2D eigenvalue weighted by Gasteiger charge is 1.98. The van der Waals surface area contributed by atoms with Gasteiger partial charge < -0.3 is 20.1 Å². The van der Waals surface area contributed by atoms with Crippen molar-refractivity contribution >= 4 is 29.9 Å². The average Bonchev–Trinajstić information content (AvgIpc) is 2.60. The third-order valence-electron chi connectivity index (χ3n) is 3.53. The molecule has 0 saturated carbocycles. The first-order valence-electron chi connectivity index (χ1n) is 8.45. The summed E-state index contributed by atoms with van der Waals surface area (Å²) in [5.74, 6) is 1.77. The van der Waals surface area contributed by atoms with Crippen molar-refractivity contribution in [2.45, 2.75) is 32.6 Å². The van der Waals surface area contributed by atoms with Gasteiger partial charge in [-0.05, 0) is 50.3 Å². The Balaban J connectivity index is 0.00000529. The van der Waals surface area contributed by atoms with Gasteiger partial charge in [-0.1, -0.05) is 12.1 Å². The van der Waals surface area contributed by atoms with Gasteiger partial charge in [0.15, 0.2) is 5.96 Å². The zero-order chi connectivity index (χ0) is 16.8. The Morgan fingerprint density at radius 2 is 1.71 bits per heavy atom. The molecule has 24 heavy (non-hydrogen) atoms. The second kappa shape index (κ2) is 15.5. The predicted molar refractivity (Wildman–Crippen MR) is 112 cm³/mol. The quantitative estimate of drug-likeness (QED) is 0.236. The summed E-state index contributed by atoms with van der Waals surface area (Å²) >= 11 is 0. The first kappa shape index (κ1) is 23.0. The number of rotatable bonds is 11. The molecule has 1 aromatic carbocycles. The maximum atomic E-state index is 5.32. The number of nitrogens with one attached hydrogen (secondary N) is 2. The molecular weight excluding hydrogens is 417 g/mol. The molecular formula is C18H32IN3O2. The Labute approximate surface area is 163 Å². The van der Waals surface area contributed by atoms with Crippen molar-refractivity contribution < 1.29 is 9.47 Å². The minimum atomic E-state index is 0. The molecule has 0 unspecified atom stereocenters. The summed E-state index contributed by atoms with van der Waals surface area (Å²) in [6.07, 6.45) is 4.28. The molecule has 0 aliphatic heterocycles. The van der Waals surface area contributed by atoms with E-state index >= 15 is 0 Å². The first-order chi connectivity index (χ1) is 11.3. The standard InChI is InChI=1S/C18H31N3O2.HI/c1-4-23-15-6-5-13-20-18(19-2)21-14-7-8-16-9-11-17(22-3)12-10-16;/h9-12H,4-8,13-15H2,1-3H3,(H2,19,20,21);1H. The summed E-state index contributed by atoms with van der Waals surface area (Å²) in [6.45, 7) is 5.49. The molecule has 0 aliphatic carbocycles. The average molecular weight is 449 g/mol. The van der Waals surface area contributed by atoms with E-state index in [1.165, 1.54) is 5.56 Å². The van der Waals surface area contributed by atoms with Crippen LogP contribution in [0.5, 0.6) is 5.75 Å². The zero-order valence-corrected chi connectivity index (χ0v) is 17.5. The lowest BCUT2D eigenvalue weighted by molar-refractivity contribution is 0.143. The van der Waals surface area contributed by atoms with E-state index < -0.39 is 0 Å². The number of guanidine groups is 1. The highest BCUT2D eigenvalue weighted by atomic mass is 127. The number of halogens is 1. The number of unbranched alkanes of at least 4 members (excludes halogenated alkanes) is 1. The molecule has 1 aromatic rings. The van der Waals surface area contributed by atoms with E-state index in [2.05, 4.69) is 27.8 Å². The maximum Gasteiger partial charge on any atom is 0.190 e. The molecule has 0 aliphatic rings. The van der Waals surface area contributed by atoms with E-state index in [1.54, 1.807) is 14.2 Å². The number of aryl methyl sites for hydroxylation is 1. The topological polar surface area (TPSA) is 54.9 Å². The minimum Gasteiger partial charge on any atom is -0.497 e. The molecule has 6 heteroatoms. The monoisotopic (exact) mass is 449 g/mol. The van der Waals surface area contributed by atoms with Crippen molar-refractivity contribution in [3.8, 4) is 5.75 Å². The van der Waals surface area contributed by atoms with Crippen LogP contribution in [0.4, 0.5) is 0 Å². The number of methoxy groups -OCH3 is 1. The van der Waals surface area contributed by atoms with Crippen LogP contribution in [0.25, 0.3) is 0 Å². The number of aliphatic imine (C=N–C) groups is 1. The van der Waals surface area contributed by atoms with Gasteiger partial charge in [0.2, 0.25) is 0 Å². The Hall–Kier alpha value is -1.02. The zero-order valence-electron chi connectivity index (χ0n) is 15.1. The Morgan fingerprint density at radius 1 is 1.04 bits per heavy atom. The molecule has 0 atom stereocenters. The molecule has 0 amide bonds. The van der Waals surface area contributed by atoms with Crippen LogP contribution in [0.15, 0.2) is 29.3 Å². The molecule has 0 bridgehead atoms. The van der Waals surface area contributed by atoms with Gasteiger partial charge in [0, 0.05) is 33.4 Å². The van der Waals surface area contributed by atoms with Gasteiger partial charge in [0.25, 0.3) is 0 Å². The Bertz CT molecular complexity index is 438. The van der Waals surface area contributed by atoms with Gasteiger partial charge in [-0.15, -0.1) is 24.0 Å². The van der Waals surface area contributed by atoms with Crippen molar-refractivity contribution in [1.82, 2.24) is 10.6 Å². The van der Waals surface area contributed by atoms with Crippen LogP contribution in [0.3, 0.4) is 0 Å². The summed E-state index contributed by atoms with van der Waals surface area (Å²) in [6, 6.07) is 8.24. The largest absolute Gasteiger partial charge is 0.497 e. The van der Waals surface area contributed by atoms with Crippen LogP contribution in [0.1, 0.15) is 31.7 Å². The van der Waals surface area contributed by atoms with E-state index in [0.717, 1.165) is 63.7 Å². The summed E-state index contributed by atoms with van der Waals surface area (Å²) < 4.78 is 10.5. The molecule has 138 valence electrons. The van der Waals surface area contributed by atoms with Crippen LogP contribution in [-0.4, -0.2) is 46.4 Å². The Morgan fingerprint density at radius 3 is 2.29 bits per heavy atom. The van der Waals surface area contributed by atoms with Gasteiger partial charge in [-0.2, -0.15) is 0 Å². The lowest BCUT2D eigenvalue weighted by Crippen LogP contribution is -2.38. The van der Waals surface area contributed by atoms with Gasteiger partial charge in [0.1, 0.15) is 5.75 Å². The van der Waals surface area contributed by atoms with E-state index in [4.69, 9.17) is 9.47 Å². The SMILES string of the molecule is CCOCCCCNC(=NC)NCCCc1ccc(OC)cc1.I.